The summed E-state index contributed by atoms with van der Waals surface area (Å²) in [5.41, 5.74) is 1.85. The van der Waals surface area contributed by atoms with Crippen LogP contribution in [0.3, 0.4) is 0 Å². The lowest BCUT2D eigenvalue weighted by atomic mass is 10.1. The molecule has 0 aliphatic carbocycles. The molecule has 0 saturated heterocycles. The van der Waals surface area contributed by atoms with Crippen LogP contribution in [0.15, 0.2) is 34.8 Å². The molecule has 0 aliphatic heterocycles. The first kappa shape index (κ1) is 14.4. The van der Waals surface area contributed by atoms with Crippen LogP contribution in [-0.4, -0.2) is 23.7 Å². The molecule has 0 fully saturated rings. The van der Waals surface area contributed by atoms with Gasteiger partial charge in [0.2, 0.25) is 0 Å². The Morgan fingerprint density at radius 1 is 1.21 bits per heavy atom. The zero-order valence-corrected chi connectivity index (χ0v) is 12.9. The van der Waals surface area contributed by atoms with Crippen molar-refractivity contribution >= 4 is 27.5 Å². The lowest BCUT2D eigenvalue weighted by Gasteiger charge is -2.08. The molecule has 0 radical (unpaired) electrons. The van der Waals surface area contributed by atoms with E-state index in [9.17, 15) is 0 Å². The van der Waals surface area contributed by atoms with E-state index in [2.05, 4.69) is 25.9 Å². The van der Waals surface area contributed by atoms with Crippen LogP contribution in [0, 0.1) is 0 Å². The molecule has 0 spiro atoms. The second kappa shape index (κ2) is 6.98. The van der Waals surface area contributed by atoms with Gasteiger partial charge in [0.25, 0.3) is 0 Å². The fourth-order valence-electron chi connectivity index (χ4n) is 1.74. The molecule has 0 amide bonds. The summed E-state index contributed by atoms with van der Waals surface area (Å²) in [6.07, 6.45) is 1.63. The summed E-state index contributed by atoms with van der Waals surface area (Å²) >= 11 is 9.60. The van der Waals surface area contributed by atoms with Gasteiger partial charge in [-0.05, 0) is 22.4 Å². The molecule has 1 aromatic heterocycles. The standard InChI is InChI=1S/C14H14BrClN2O/c1-19-9-5-8-11-17-13(12(15)14(16)18-11)10-6-3-2-4-7-10/h2-4,6-7H,5,8-9H2,1H3. The average Bonchev–Trinajstić information content (AvgIpc) is 2.44. The van der Waals surface area contributed by atoms with Crippen molar-refractivity contribution in [3.63, 3.8) is 0 Å². The fourth-order valence-corrected chi connectivity index (χ4v) is 2.33. The summed E-state index contributed by atoms with van der Waals surface area (Å²) in [5.74, 6) is 0.740. The van der Waals surface area contributed by atoms with E-state index in [4.69, 9.17) is 16.3 Å². The van der Waals surface area contributed by atoms with Gasteiger partial charge in [-0.2, -0.15) is 0 Å². The van der Waals surface area contributed by atoms with Gasteiger partial charge in [-0.15, -0.1) is 0 Å². The number of halogens is 2. The van der Waals surface area contributed by atoms with Gasteiger partial charge in [-0.25, -0.2) is 9.97 Å². The number of rotatable bonds is 5. The minimum Gasteiger partial charge on any atom is -0.385 e. The van der Waals surface area contributed by atoms with E-state index in [1.807, 2.05) is 30.3 Å². The zero-order chi connectivity index (χ0) is 13.7. The van der Waals surface area contributed by atoms with E-state index in [0.717, 1.165) is 34.4 Å². The third kappa shape index (κ3) is 3.75. The molecule has 0 saturated carbocycles. The Hall–Kier alpha value is -0.970. The maximum Gasteiger partial charge on any atom is 0.147 e. The summed E-state index contributed by atoms with van der Waals surface area (Å²) in [6, 6.07) is 9.93. The summed E-state index contributed by atoms with van der Waals surface area (Å²) in [7, 11) is 1.69. The summed E-state index contributed by atoms with van der Waals surface area (Å²) in [6.45, 7) is 0.692. The average molecular weight is 342 g/mol. The van der Waals surface area contributed by atoms with Crippen LogP contribution >= 0.6 is 27.5 Å². The third-order valence-corrected chi connectivity index (χ3v) is 3.91. The van der Waals surface area contributed by atoms with Crippen molar-refractivity contribution in [2.45, 2.75) is 12.8 Å². The molecule has 5 heteroatoms. The van der Waals surface area contributed by atoms with E-state index in [1.165, 1.54) is 0 Å². The van der Waals surface area contributed by atoms with Gasteiger partial charge >= 0.3 is 0 Å². The van der Waals surface area contributed by atoms with Gasteiger partial charge in [0.1, 0.15) is 11.0 Å². The number of hydrogen-bond acceptors (Lipinski definition) is 3. The number of ether oxygens (including phenoxy) is 1. The van der Waals surface area contributed by atoms with E-state index in [-0.39, 0.29) is 0 Å². The summed E-state index contributed by atoms with van der Waals surface area (Å²) in [4.78, 5) is 8.86. The third-order valence-electron chi connectivity index (χ3n) is 2.65. The van der Waals surface area contributed by atoms with Crippen molar-refractivity contribution in [3.05, 3.63) is 45.8 Å². The molecule has 0 aliphatic rings. The van der Waals surface area contributed by atoms with Crippen molar-refractivity contribution in [2.24, 2.45) is 0 Å². The van der Waals surface area contributed by atoms with Crippen LogP contribution in [0.4, 0.5) is 0 Å². The number of aryl methyl sites for hydroxylation is 1. The first-order chi connectivity index (χ1) is 9.22. The molecule has 2 rings (SSSR count). The van der Waals surface area contributed by atoms with Crippen LogP contribution in [0.1, 0.15) is 12.2 Å². The molecule has 100 valence electrons. The highest BCUT2D eigenvalue weighted by atomic mass is 79.9. The van der Waals surface area contributed by atoms with Gasteiger partial charge in [0, 0.05) is 25.7 Å². The molecule has 0 N–H and O–H groups in total. The number of methoxy groups -OCH3 is 1. The van der Waals surface area contributed by atoms with Crippen molar-refractivity contribution in [3.8, 4) is 11.3 Å². The fraction of sp³-hybridized carbons (Fsp3) is 0.286. The Balaban J connectivity index is 2.32. The maximum absolute atomic E-state index is 6.15. The molecule has 0 bridgehead atoms. The second-order valence-electron chi connectivity index (χ2n) is 4.06. The Labute approximate surface area is 126 Å². The predicted octanol–water partition coefficient (Wildman–Crippen LogP) is 4.14. The van der Waals surface area contributed by atoms with E-state index in [1.54, 1.807) is 7.11 Å². The first-order valence-corrected chi connectivity index (χ1v) is 7.15. The molecule has 2 aromatic rings. The lowest BCUT2D eigenvalue weighted by Crippen LogP contribution is -2.01. The smallest absolute Gasteiger partial charge is 0.147 e. The number of hydrogen-bond donors (Lipinski definition) is 0. The summed E-state index contributed by atoms with van der Waals surface area (Å²) < 4.78 is 5.77. The van der Waals surface area contributed by atoms with Crippen molar-refractivity contribution in [1.29, 1.82) is 0 Å². The number of benzene rings is 1. The largest absolute Gasteiger partial charge is 0.385 e. The molecular formula is C14H14BrClN2O. The van der Waals surface area contributed by atoms with Gasteiger partial charge in [-0.3, -0.25) is 0 Å². The lowest BCUT2D eigenvalue weighted by molar-refractivity contribution is 0.194. The molecule has 0 unspecified atom stereocenters. The minimum absolute atomic E-state index is 0.446. The molecule has 3 nitrogen and oxygen atoms in total. The molecule has 1 aromatic carbocycles. The summed E-state index contributed by atoms with van der Waals surface area (Å²) in [5, 5.41) is 0.446. The van der Waals surface area contributed by atoms with E-state index >= 15 is 0 Å². The van der Waals surface area contributed by atoms with Crippen molar-refractivity contribution in [1.82, 2.24) is 9.97 Å². The van der Waals surface area contributed by atoms with E-state index < -0.39 is 0 Å². The topological polar surface area (TPSA) is 35.0 Å². The second-order valence-corrected chi connectivity index (χ2v) is 5.21. The quantitative estimate of drug-likeness (QED) is 0.605. The van der Waals surface area contributed by atoms with E-state index in [0.29, 0.717) is 11.8 Å². The van der Waals surface area contributed by atoms with Crippen molar-refractivity contribution in [2.75, 3.05) is 13.7 Å². The number of nitrogens with zero attached hydrogens (tertiary/aromatic N) is 2. The first-order valence-electron chi connectivity index (χ1n) is 5.98. The Bertz CT molecular complexity index is 549. The Morgan fingerprint density at radius 3 is 2.63 bits per heavy atom. The highest BCUT2D eigenvalue weighted by molar-refractivity contribution is 9.10. The highest BCUT2D eigenvalue weighted by Crippen LogP contribution is 2.31. The minimum atomic E-state index is 0.446. The predicted molar refractivity (Wildman–Crippen MR) is 80.4 cm³/mol. The van der Waals surface area contributed by atoms with Crippen LogP contribution in [-0.2, 0) is 11.2 Å². The van der Waals surface area contributed by atoms with Gasteiger partial charge in [0.15, 0.2) is 0 Å². The SMILES string of the molecule is COCCCc1nc(Cl)c(Br)c(-c2ccccc2)n1. The molecule has 19 heavy (non-hydrogen) atoms. The maximum atomic E-state index is 6.15. The zero-order valence-electron chi connectivity index (χ0n) is 10.6. The number of aromatic nitrogens is 2. The van der Waals surface area contributed by atoms with Crippen LogP contribution in [0.5, 0.6) is 0 Å². The molecule has 0 atom stereocenters. The normalized spacial score (nSPS) is 10.7. The van der Waals surface area contributed by atoms with Crippen LogP contribution in [0.2, 0.25) is 5.15 Å². The van der Waals surface area contributed by atoms with Gasteiger partial charge in [-0.1, -0.05) is 41.9 Å². The monoisotopic (exact) mass is 340 g/mol. The van der Waals surface area contributed by atoms with Crippen molar-refractivity contribution < 1.29 is 4.74 Å². The molecular weight excluding hydrogens is 328 g/mol. The highest BCUT2D eigenvalue weighted by Gasteiger charge is 2.12. The van der Waals surface area contributed by atoms with Gasteiger partial charge < -0.3 is 4.74 Å². The Morgan fingerprint density at radius 2 is 1.95 bits per heavy atom. The van der Waals surface area contributed by atoms with Gasteiger partial charge in [0.05, 0.1) is 10.2 Å². The van der Waals surface area contributed by atoms with Crippen LogP contribution in [0.25, 0.3) is 11.3 Å². The van der Waals surface area contributed by atoms with Crippen LogP contribution < -0.4 is 0 Å². The Kier molecular flexibility index (Phi) is 5.31. The molecule has 1 heterocycles.